The third-order valence-electron chi connectivity index (χ3n) is 11.5. The van der Waals surface area contributed by atoms with E-state index < -0.39 is 34.7 Å². The largest absolute Gasteiger partial charge is 0.507 e. The maximum atomic E-state index is 14.3. The summed E-state index contributed by atoms with van der Waals surface area (Å²) in [6.45, 7) is 3.41. The molecule has 3 aliphatic rings. The van der Waals surface area contributed by atoms with Crippen LogP contribution in [0.1, 0.15) is 43.5 Å². The van der Waals surface area contributed by atoms with Gasteiger partial charge in [-0.15, -0.1) is 0 Å². The number of ketones is 2. The number of hydrogen-bond acceptors (Lipinski definition) is 9. The molecule has 1 fully saturated rings. The highest BCUT2D eigenvalue weighted by Gasteiger charge is 2.59. The summed E-state index contributed by atoms with van der Waals surface area (Å²) in [4.78, 5) is 74.3. The van der Waals surface area contributed by atoms with Crippen LogP contribution in [0.25, 0.3) is 21.8 Å². The molecule has 0 unspecified atom stereocenters. The lowest BCUT2D eigenvalue weighted by atomic mass is 9.51. The fourth-order valence-electron chi connectivity index (χ4n) is 8.77. The Bertz CT molecular complexity index is 2640. The van der Waals surface area contributed by atoms with Crippen LogP contribution in [0.3, 0.4) is 0 Å². The maximum Gasteiger partial charge on any atom is 0.347 e. The number of carbonyl (C=O) groups is 2. The van der Waals surface area contributed by atoms with Crippen molar-refractivity contribution in [1.29, 1.82) is 0 Å². The van der Waals surface area contributed by atoms with Crippen molar-refractivity contribution < 1.29 is 24.2 Å². The van der Waals surface area contributed by atoms with E-state index in [0.29, 0.717) is 33.5 Å². The zero-order valence-corrected chi connectivity index (χ0v) is 29.4. The second-order valence-electron chi connectivity index (χ2n) is 14.0. The Balaban J connectivity index is 1.23. The number of carbonyl (C=O) groups excluding carboxylic acids is 2. The van der Waals surface area contributed by atoms with Gasteiger partial charge >= 0.3 is 11.4 Å². The fourth-order valence-corrected chi connectivity index (χ4v) is 8.77. The number of aromatic hydroxyl groups is 1. The molecule has 3 heterocycles. The average Bonchev–Trinajstić information content (AvgIpc) is 3.39. The molecule has 13 nitrogen and oxygen atoms in total. The number of allylic oxidation sites excluding steroid dienone is 4. The first kappa shape index (κ1) is 33.2. The molecule has 1 saturated carbocycles. The van der Waals surface area contributed by atoms with Gasteiger partial charge in [-0.3, -0.25) is 14.4 Å². The topological polar surface area (TPSA) is 157 Å². The molecule has 0 spiro atoms. The summed E-state index contributed by atoms with van der Waals surface area (Å²) < 4.78 is 16.1. The molecular formula is C39H37N5O8. The minimum atomic E-state index is -1.18. The molecule has 1 N–H and O–H groups in total. The zero-order chi connectivity index (χ0) is 36.8. The number of aryl methyl sites for hydroxylation is 2. The van der Waals surface area contributed by atoms with E-state index in [1.54, 1.807) is 44.3 Å². The summed E-state index contributed by atoms with van der Waals surface area (Å²) in [7, 11) is 4.62. The Labute approximate surface area is 296 Å². The molecule has 0 saturated heterocycles. The van der Waals surface area contributed by atoms with Gasteiger partial charge in [-0.25, -0.2) is 28.5 Å². The Hall–Kier alpha value is -5.98. The van der Waals surface area contributed by atoms with Gasteiger partial charge in [0.1, 0.15) is 11.4 Å². The first-order valence-corrected chi connectivity index (χ1v) is 17.1. The number of benzene rings is 3. The molecule has 8 rings (SSSR count). The molecule has 0 amide bonds. The smallest absolute Gasteiger partial charge is 0.347 e. The lowest BCUT2D eigenvalue weighted by Gasteiger charge is -2.52. The Morgan fingerprint density at radius 1 is 0.962 bits per heavy atom. The van der Waals surface area contributed by atoms with Crippen molar-refractivity contribution >= 4 is 33.4 Å². The molecule has 2 aromatic heterocycles. The predicted octanol–water partition coefficient (Wildman–Crippen LogP) is 3.57. The second-order valence-corrected chi connectivity index (χ2v) is 14.0. The number of methoxy groups -OCH3 is 2. The number of nitrogens with zero attached hydrogens (tertiary/aromatic N) is 5. The van der Waals surface area contributed by atoms with Crippen LogP contribution in [0.4, 0.5) is 0 Å². The molecule has 0 radical (unpaired) electrons. The first-order chi connectivity index (χ1) is 24.9. The highest BCUT2D eigenvalue weighted by Crippen LogP contribution is 2.60. The number of aromatic nitrogens is 5. The van der Waals surface area contributed by atoms with Crippen molar-refractivity contribution in [2.75, 3.05) is 14.2 Å². The predicted molar refractivity (Wildman–Crippen MR) is 192 cm³/mol. The van der Waals surface area contributed by atoms with Crippen molar-refractivity contribution in [2.24, 2.45) is 18.4 Å². The first-order valence-electron chi connectivity index (χ1n) is 17.1. The van der Waals surface area contributed by atoms with Crippen molar-refractivity contribution in [3.05, 3.63) is 114 Å². The van der Waals surface area contributed by atoms with Crippen molar-refractivity contribution in [3.8, 4) is 17.2 Å². The Kier molecular flexibility index (Phi) is 7.52. The fraction of sp³-hybridized carbons (Fsp3) is 0.333. The third-order valence-corrected chi connectivity index (χ3v) is 11.5. The quantitative estimate of drug-likeness (QED) is 0.261. The van der Waals surface area contributed by atoms with Gasteiger partial charge < -0.3 is 19.1 Å². The Morgan fingerprint density at radius 2 is 1.67 bits per heavy atom. The lowest BCUT2D eigenvalue weighted by molar-refractivity contribution is -0.139. The number of rotatable bonds is 6. The van der Waals surface area contributed by atoms with Crippen LogP contribution in [-0.2, 0) is 36.1 Å². The Morgan fingerprint density at radius 3 is 2.40 bits per heavy atom. The van der Waals surface area contributed by atoms with Crippen molar-refractivity contribution in [1.82, 2.24) is 23.5 Å². The summed E-state index contributed by atoms with van der Waals surface area (Å²) in [6, 6.07) is 13.4. The van der Waals surface area contributed by atoms with Crippen LogP contribution in [0.15, 0.2) is 86.2 Å². The second kappa shape index (κ2) is 11.8. The summed E-state index contributed by atoms with van der Waals surface area (Å²) in [5.74, 6) is -0.788. The lowest BCUT2D eigenvalue weighted by Crippen LogP contribution is -2.54. The van der Waals surface area contributed by atoms with Crippen LogP contribution >= 0.6 is 0 Å². The molecule has 13 heteroatoms. The number of fused-ring (bicyclic) bond motifs is 6. The van der Waals surface area contributed by atoms with Crippen LogP contribution in [-0.4, -0.2) is 54.4 Å². The van der Waals surface area contributed by atoms with E-state index in [1.807, 2.05) is 31.2 Å². The minimum absolute atomic E-state index is 0.000860. The summed E-state index contributed by atoms with van der Waals surface area (Å²) >= 11 is 0. The van der Waals surface area contributed by atoms with Crippen molar-refractivity contribution in [3.63, 3.8) is 0 Å². The molecular weight excluding hydrogens is 666 g/mol. The minimum Gasteiger partial charge on any atom is -0.507 e. The van der Waals surface area contributed by atoms with E-state index in [1.165, 1.54) is 34.2 Å². The third kappa shape index (κ3) is 4.54. The van der Waals surface area contributed by atoms with Crippen LogP contribution in [0.2, 0.25) is 0 Å². The monoisotopic (exact) mass is 703 g/mol. The van der Waals surface area contributed by atoms with Crippen LogP contribution in [0, 0.1) is 11.3 Å². The number of phenols is 1. The van der Waals surface area contributed by atoms with Gasteiger partial charge in [-0.05, 0) is 47.6 Å². The number of ether oxygens (including phenoxy) is 2. The molecule has 2 aliphatic carbocycles. The molecule has 5 aromatic rings. The molecule has 266 valence electrons. The van der Waals surface area contributed by atoms with Crippen molar-refractivity contribution in [2.45, 2.75) is 51.7 Å². The SMILES string of the molecule is COc1cc2nc(CCn3c(=O)n4n(c3=O)[C@@H]3C[C@H]5C(=O)C(C)=CC(=O)[C@@]5(C)[C@@H](c5ccc(O)c6ccccc56)C3=CC4)c(=O)n(C)c2cc1OC. The van der Waals surface area contributed by atoms with E-state index in [4.69, 9.17) is 9.47 Å². The maximum absolute atomic E-state index is 14.3. The van der Waals surface area contributed by atoms with Crippen LogP contribution < -0.4 is 26.4 Å². The molecule has 1 aliphatic heterocycles. The van der Waals surface area contributed by atoms with Gasteiger partial charge in [0.05, 0.1) is 43.3 Å². The average molecular weight is 704 g/mol. The molecule has 3 aromatic carbocycles. The van der Waals surface area contributed by atoms with Gasteiger partial charge in [0.25, 0.3) is 5.56 Å². The van der Waals surface area contributed by atoms with E-state index in [-0.39, 0.29) is 54.5 Å². The van der Waals surface area contributed by atoms with Gasteiger partial charge in [0.15, 0.2) is 23.1 Å². The van der Waals surface area contributed by atoms with Gasteiger partial charge in [-0.1, -0.05) is 43.3 Å². The normalized spacial score (nSPS) is 22.4. The van der Waals surface area contributed by atoms with Gasteiger partial charge in [-0.2, -0.15) is 0 Å². The van der Waals surface area contributed by atoms with E-state index in [0.717, 1.165) is 21.1 Å². The molecule has 52 heavy (non-hydrogen) atoms. The van der Waals surface area contributed by atoms with Gasteiger partial charge in [0, 0.05) is 49.4 Å². The highest BCUT2D eigenvalue weighted by atomic mass is 16.5. The number of Topliss-reactive ketones (excluding diaryl/α,β-unsaturated/α-hetero) is 1. The van der Waals surface area contributed by atoms with Gasteiger partial charge in [0.2, 0.25) is 0 Å². The summed E-state index contributed by atoms with van der Waals surface area (Å²) in [5.41, 5.74) is 0.369. The molecule has 4 atom stereocenters. The standard InChI is InChI=1S/C39H37N5O8/c1-20-16-33(46)39(2)25(35(20)47)17-28-24(34(39)23-10-11-30(45)22-9-7-6-8-21(22)23)12-15-43-37(49)42(38(50)44(28)43)14-13-26-36(48)41(3)29-19-32(52-5)31(51-4)18-27(29)40-26/h6-12,16,18-19,25,28,34,45H,13-15,17H2,1-5H3/t25-,28+,34-,39-/m0/s1. The van der Waals surface area contributed by atoms with E-state index >= 15 is 0 Å². The van der Waals surface area contributed by atoms with E-state index in [2.05, 4.69) is 4.98 Å². The van der Waals surface area contributed by atoms with E-state index in [9.17, 15) is 29.1 Å². The number of hydrogen-bond donors (Lipinski definition) is 1. The summed E-state index contributed by atoms with van der Waals surface area (Å²) in [5, 5.41) is 12.1. The highest BCUT2D eigenvalue weighted by molar-refractivity contribution is 6.13. The number of phenolic OH excluding ortho intramolecular Hbond substituents is 1. The van der Waals surface area contributed by atoms with Crippen LogP contribution in [0.5, 0.6) is 17.2 Å². The molecule has 0 bridgehead atoms. The zero-order valence-electron chi connectivity index (χ0n) is 29.4. The summed E-state index contributed by atoms with van der Waals surface area (Å²) in [6.07, 6.45) is 3.47.